The Balaban J connectivity index is 1.74. The topological polar surface area (TPSA) is 60.7 Å². The third-order valence-corrected chi connectivity index (χ3v) is 4.51. The molecule has 0 unspecified atom stereocenters. The molecule has 1 N–H and O–H groups in total. The second kappa shape index (κ2) is 7.12. The zero-order chi connectivity index (χ0) is 18.7. The maximum absolute atomic E-state index is 12.5. The van der Waals surface area contributed by atoms with E-state index in [1.807, 2.05) is 42.5 Å². The van der Waals surface area contributed by atoms with Gasteiger partial charge in [0, 0.05) is 17.3 Å². The first-order valence-corrected chi connectivity index (χ1v) is 8.44. The van der Waals surface area contributed by atoms with Gasteiger partial charge in [-0.15, -0.1) is 0 Å². The number of fused-ring (bicyclic) bond motifs is 1. The molecule has 0 saturated heterocycles. The number of amides is 1. The fourth-order valence-corrected chi connectivity index (χ4v) is 2.84. The Kier molecular flexibility index (Phi) is 4.89. The largest absolute Gasteiger partial charge is 0.493 e. The number of para-hydroxylation sites is 1. The van der Waals surface area contributed by atoms with Gasteiger partial charge in [-0.3, -0.25) is 4.79 Å². The summed E-state index contributed by atoms with van der Waals surface area (Å²) in [5, 5.41) is 3.87. The first kappa shape index (κ1) is 17.9. The average Bonchev–Trinajstić information content (AvgIpc) is 3.09. The van der Waals surface area contributed by atoms with E-state index in [1.54, 1.807) is 20.3 Å². The van der Waals surface area contributed by atoms with Gasteiger partial charge < -0.3 is 19.2 Å². The second-order valence-corrected chi connectivity index (χ2v) is 6.78. The standard InChI is InChI=1S/C21H23NO4/c1-21(2,15-9-10-17(24-3)18(12-15)25-4)13-22-20(23)19-11-14-7-5-6-8-16(14)26-19/h5-12H,13H2,1-4H3,(H,22,23). The first-order chi connectivity index (χ1) is 12.4. The molecule has 136 valence electrons. The molecule has 1 aromatic heterocycles. The van der Waals surface area contributed by atoms with E-state index in [4.69, 9.17) is 13.9 Å². The highest BCUT2D eigenvalue weighted by Crippen LogP contribution is 2.33. The maximum Gasteiger partial charge on any atom is 0.287 e. The van der Waals surface area contributed by atoms with Crippen LogP contribution in [-0.2, 0) is 5.41 Å². The van der Waals surface area contributed by atoms with Crippen molar-refractivity contribution in [1.29, 1.82) is 0 Å². The Morgan fingerprint density at radius 3 is 2.46 bits per heavy atom. The number of methoxy groups -OCH3 is 2. The summed E-state index contributed by atoms with van der Waals surface area (Å²) in [6.07, 6.45) is 0. The van der Waals surface area contributed by atoms with Crippen molar-refractivity contribution in [1.82, 2.24) is 5.32 Å². The molecule has 1 amide bonds. The van der Waals surface area contributed by atoms with Gasteiger partial charge in [0.2, 0.25) is 0 Å². The molecule has 0 aliphatic carbocycles. The van der Waals surface area contributed by atoms with Gasteiger partial charge in [0.15, 0.2) is 17.3 Å². The summed E-state index contributed by atoms with van der Waals surface area (Å²) < 4.78 is 16.3. The molecule has 0 atom stereocenters. The van der Waals surface area contributed by atoms with Crippen LogP contribution in [0.1, 0.15) is 30.0 Å². The number of hydrogen-bond donors (Lipinski definition) is 1. The van der Waals surface area contributed by atoms with Crippen LogP contribution in [0, 0.1) is 0 Å². The van der Waals surface area contributed by atoms with Crippen LogP contribution in [-0.4, -0.2) is 26.7 Å². The number of nitrogens with one attached hydrogen (secondary N) is 1. The van der Waals surface area contributed by atoms with Crippen LogP contribution in [0.15, 0.2) is 52.9 Å². The van der Waals surface area contributed by atoms with Crippen LogP contribution in [0.4, 0.5) is 0 Å². The van der Waals surface area contributed by atoms with Crippen LogP contribution in [0.2, 0.25) is 0 Å². The molecule has 0 aliphatic heterocycles. The minimum absolute atomic E-state index is 0.227. The summed E-state index contributed by atoms with van der Waals surface area (Å²) in [4.78, 5) is 12.5. The average molecular weight is 353 g/mol. The van der Waals surface area contributed by atoms with Crippen molar-refractivity contribution >= 4 is 16.9 Å². The lowest BCUT2D eigenvalue weighted by Gasteiger charge is -2.26. The van der Waals surface area contributed by atoms with E-state index < -0.39 is 0 Å². The number of carbonyl (C=O) groups excluding carboxylic acids is 1. The molecule has 5 nitrogen and oxygen atoms in total. The summed E-state index contributed by atoms with van der Waals surface area (Å²) in [6, 6.07) is 15.1. The van der Waals surface area contributed by atoms with Crippen molar-refractivity contribution in [2.45, 2.75) is 19.3 Å². The molecule has 3 aromatic rings. The Labute approximate surface area is 152 Å². The van der Waals surface area contributed by atoms with Gasteiger partial charge in [-0.25, -0.2) is 0 Å². The maximum atomic E-state index is 12.5. The molecule has 26 heavy (non-hydrogen) atoms. The lowest BCUT2D eigenvalue weighted by molar-refractivity contribution is 0.0920. The van der Waals surface area contributed by atoms with E-state index in [-0.39, 0.29) is 11.3 Å². The Morgan fingerprint density at radius 2 is 1.77 bits per heavy atom. The first-order valence-electron chi connectivity index (χ1n) is 8.44. The van der Waals surface area contributed by atoms with Crippen molar-refractivity contribution in [3.05, 3.63) is 59.9 Å². The minimum atomic E-state index is -0.290. The zero-order valence-electron chi connectivity index (χ0n) is 15.5. The molecular weight excluding hydrogens is 330 g/mol. The van der Waals surface area contributed by atoms with Crippen molar-refractivity contribution < 1.29 is 18.7 Å². The normalized spacial score (nSPS) is 11.4. The van der Waals surface area contributed by atoms with Crippen molar-refractivity contribution in [2.75, 3.05) is 20.8 Å². The van der Waals surface area contributed by atoms with Crippen LogP contribution >= 0.6 is 0 Å². The Hall–Kier alpha value is -2.95. The lowest BCUT2D eigenvalue weighted by atomic mass is 9.84. The Morgan fingerprint density at radius 1 is 1.04 bits per heavy atom. The molecule has 5 heteroatoms. The van der Waals surface area contributed by atoms with Gasteiger partial charge >= 0.3 is 0 Å². The quantitative estimate of drug-likeness (QED) is 0.723. The van der Waals surface area contributed by atoms with E-state index in [2.05, 4.69) is 19.2 Å². The number of hydrogen-bond acceptors (Lipinski definition) is 4. The van der Waals surface area contributed by atoms with E-state index in [9.17, 15) is 4.79 Å². The fourth-order valence-electron chi connectivity index (χ4n) is 2.84. The van der Waals surface area contributed by atoms with Gasteiger partial charge in [0.1, 0.15) is 5.58 Å². The van der Waals surface area contributed by atoms with E-state index in [1.165, 1.54) is 0 Å². The van der Waals surface area contributed by atoms with Crippen LogP contribution in [0.3, 0.4) is 0 Å². The number of rotatable bonds is 6. The molecule has 0 radical (unpaired) electrons. The molecule has 0 saturated carbocycles. The SMILES string of the molecule is COc1ccc(C(C)(C)CNC(=O)c2cc3ccccc3o2)cc1OC. The van der Waals surface area contributed by atoms with Gasteiger partial charge in [0.25, 0.3) is 5.91 Å². The molecule has 0 aliphatic rings. The van der Waals surface area contributed by atoms with Crippen molar-refractivity contribution in [3.63, 3.8) is 0 Å². The smallest absolute Gasteiger partial charge is 0.287 e. The Bertz CT molecular complexity index is 894. The third kappa shape index (κ3) is 3.52. The fraction of sp³-hybridized carbons (Fsp3) is 0.286. The van der Waals surface area contributed by atoms with Crippen molar-refractivity contribution in [2.24, 2.45) is 0 Å². The predicted octanol–water partition coefficient (Wildman–Crippen LogP) is 4.16. The van der Waals surface area contributed by atoms with Gasteiger partial charge in [0.05, 0.1) is 14.2 Å². The number of carbonyl (C=O) groups is 1. The van der Waals surface area contributed by atoms with Gasteiger partial charge in [-0.05, 0) is 29.8 Å². The molecule has 3 rings (SSSR count). The highest BCUT2D eigenvalue weighted by molar-refractivity contribution is 5.96. The zero-order valence-corrected chi connectivity index (χ0v) is 15.5. The van der Waals surface area contributed by atoms with Crippen LogP contribution < -0.4 is 14.8 Å². The number of benzene rings is 2. The second-order valence-electron chi connectivity index (χ2n) is 6.78. The molecular formula is C21H23NO4. The number of furan rings is 1. The summed E-state index contributed by atoms with van der Waals surface area (Å²) in [7, 11) is 3.22. The summed E-state index contributed by atoms with van der Waals surface area (Å²) in [5.74, 6) is 1.43. The van der Waals surface area contributed by atoms with E-state index in [0.717, 1.165) is 10.9 Å². The molecule has 0 fully saturated rings. The van der Waals surface area contributed by atoms with E-state index >= 15 is 0 Å². The van der Waals surface area contributed by atoms with Crippen molar-refractivity contribution in [3.8, 4) is 11.5 Å². The third-order valence-electron chi connectivity index (χ3n) is 4.51. The monoisotopic (exact) mass is 353 g/mol. The summed E-state index contributed by atoms with van der Waals surface area (Å²) in [6.45, 7) is 4.58. The minimum Gasteiger partial charge on any atom is -0.493 e. The van der Waals surface area contributed by atoms with E-state index in [0.29, 0.717) is 29.4 Å². The molecule has 1 heterocycles. The predicted molar refractivity (Wildman–Crippen MR) is 101 cm³/mol. The molecule has 0 spiro atoms. The van der Waals surface area contributed by atoms with Crippen LogP contribution in [0.25, 0.3) is 11.0 Å². The van der Waals surface area contributed by atoms with Gasteiger partial charge in [-0.2, -0.15) is 0 Å². The summed E-state index contributed by atoms with van der Waals surface area (Å²) in [5.41, 5.74) is 1.46. The highest BCUT2D eigenvalue weighted by atomic mass is 16.5. The number of ether oxygens (including phenoxy) is 2. The molecule has 2 aromatic carbocycles. The highest BCUT2D eigenvalue weighted by Gasteiger charge is 2.24. The molecule has 0 bridgehead atoms. The summed E-state index contributed by atoms with van der Waals surface area (Å²) >= 11 is 0. The van der Waals surface area contributed by atoms with Gasteiger partial charge in [-0.1, -0.05) is 38.1 Å². The lowest BCUT2D eigenvalue weighted by Crippen LogP contribution is -2.36. The van der Waals surface area contributed by atoms with Crippen LogP contribution in [0.5, 0.6) is 11.5 Å².